The number of halogens is 1. The van der Waals surface area contributed by atoms with Gasteiger partial charge < -0.3 is 15.8 Å². The molecular formula is C12H14ClN5O2. The number of hydrogen-bond donors (Lipinski definition) is 2. The zero-order valence-corrected chi connectivity index (χ0v) is 11.6. The first-order valence-corrected chi connectivity index (χ1v) is 6.22. The number of carbonyl (C=O) groups excluding carboxylic acids is 1. The Balaban J connectivity index is 1.99. The fraction of sp³-hybridized carbons (Fsp3) is 0.250. The van der Waals surface area contributed by atoms with Crippen LogP contribution in [0, 0.1) is 0 Å². The van der Waals surface area contributed by atoms with Gasteiger partial charge in [0, 0.05) is 12.2 Å². The van der Waals surface area contributed by atoms with E-state index in [9.17, 15) is 4.79 Å². The van der Waals surface area contributed by atoms with E-state index < -0.39 is 0 Å². The highest BCUT2D eigenvalue weighted by Gasteiger charge is 2.08. The van der Waals surface area contributed by atoms with Gasteiger partial charge in [0.25, 0.3) is 0 Å². The van der Waals surface area contributed by atoms with Crippen molar-refractivity contribution in [1.29, 1.82) is 0 Å². The van der Waals surface area contributed by atoms with Gasteiger partial charge in [-0.1, -0.05) is 16.8 Å². The van der Waals surface area contributed by atoms with Gasteiger partial charge in [-0.25, -0.2) is 4.68 Å². The number of rotatable bonds is 5. The van der Waals surface area contributed by atoms with Gasteiger partial charge in [-0.2, -0.15) is 0 Å². The summed E-state index contributed by atoms with van der Waals surface area (Å²) in [5, 5.41) is 10.7. The van der Waals surface area contributed by atoms with E-state index in [1.165, 1.54) is 11.8 Å². The fourth-order valence-corrected chi connectivity index (χ4v) is 1.86. The summed E-state index contributed by atoms with van der Waals surface area (Å²) in [6.07, 6.45) is 1.63. The lowest BCUT2D eigenvalue weighted by Gasteiger charge is -2.07. The maximum atomic E-state index is 11.8. The summed E-state index contributed by atoms with van der Waals surface area (Å²) in [5.74, 6) is 0.313. The first-order chi connectivity index (χ1) is 9.62. The lowest BCUT2D eigenvalue weighted by Crippen LogP contribution is -2.19. The van der Waals surface area contributed by atoms with Crippen molar-refractivity contribution in [3.05, 3.63) is 35.1 Å². The smallest absolute Gasteiger partial charge is 0.246 e. The molecule has 1 aromatic carbocycles. The van der Waals surface area contributed by atoms with Crippen molar-refractivity contribution in [2.45, 2.75) is 13.1 Å². The summed E-state index contributed by atoms with van der Waals surface area (Å²) in [6, 6.07) is 5.00. The monoisotopic (exact) mass is 295 g/mol. The third-order valence-corrected chi connectivity index (χ3v) is 2.83. The van der Waals surface area contributed by atoms with Gasteiger partial charge in [-0.15, -0.1) is 5.10 Å². The first kappa shape index (κ1) is 14.3. The molecule has 0 fully saturated rings. The largest absolute Gasteiger partial charge is 0.495 e. The van der Waals surface area contributed by atoms with Crippen LogP contribution in [0.5, 0.6) is 5.75 Å². The van der Waals surface area contributed by atoms with Gasteiger partial charge >= 0.3 is 0 Å². The molecule has 8 heteroatoms. The Morgan fingerprint density at radius 3 is 2.95 bits per heavy atom. The molecule has 2 aromatic rings. The van der Waals surface area contributed by atoms with Crippen molar-refractivity contribution in [2.75, 3.05) is 12.4 Å². The van der Waals surface area contributed by atoms with Crippen molar-refractivity contribution in [2.24, 2.45) is 5.73 Å². The number of aromatic nitrogens is 3. The number of hydrogen-bond acceptors (Lipinski definition) is 5. The van der Waals surface area contributed by atoms with Gasteiger partial charge in [0.2, 0.25) is 5.91 Å². The van der Waals surface area contributed by atoms with Crippen LogP contribution in [0.4, 0.5) is 5.69 Å². The molecule has 3 N–H and O–H groups in total. The van der Waals surface area contributed by atoms with E-state index in [1.54, 1.807) is 24.4 Å². The lowest BCUT2D eigenvalue weighted by atomic mass is 10.3. The quantitative estimate of drug-likeness (QED) is 0.859. The molecule has 0 spiro atoms. The summed E-state index contributed by atoms with van der Waals surface area (Å²) in [7, 11) is 1.53. The number of ether oxygens (including phenoxy) is 1. The molecule has 0 aliphatic heterocycles. The molecule has 0 aliphatic rings. The summed E-state index contributed by atoms with van der Waals surface area (Å²) in [5.41, 5.74) is 6.63. The molecule has 0 bridgehead atoms. The Hall–Kier alpha value is -2.12. The van der Waals surface area contributed by atoms with Crippen LogP contribution < -0.4 is 15.8 Å². The van der Waals surface area contributed by atoms with Crippen LogP contribution in [0.2, 0.25) is 5.02 Å². The van der Waals surface area contributed by atoms with Crippen molar-refractivity contribution < 1.29 is 9.53 Å². The van der Waals surface area contributed by atoms with E-state index in [1.807, 2.05) is 0 Å². The first-order valence-electron chi connectivity index (χ1n) is 5.85. The normalized spacial score (nSPS) is 10.3. The highest BCUT2D eigenvalue weighted by Crippen LogP contribution is 2.27. The Morgan fingerprint density at radius 1 is 1.55 bits per heavy atom. The number of nitrogens with zero attached hydrogens (tertiary/aromatic N) is 3. The SMILES string of the molecule is COc1ccc(NC(=O)Cn2cc(CN)nn2)cc1Cl. The van der Waals surface area contributed by atoms with Gasteiger partial charge in [-0.05, 0) is 18.2 Å². The minimum absolute atomic E-state index is 0.0522. The molecule has 106 valence electrons. The molecule has 0 aliphatic carbocycles. The van der Waals surface area contributed by atoms with E-state index in [4.69, 9.17) is 22.1 Å². The molecule has 0 unspecified atom stereocenters. The highest BCUT2D eigenvalue weighted by atomic mass is 35.5. The highest BCUT2D eigenvalue weighted by molar-refractivity contribution is 6.32. The Morgan fingerprint density at radius 2 is 2.35 bits per heavy atom. The zero-order valence-electron chi connectivity index (χ0n) is 10.8. The van der Waals surface area contributed by atoms with E-state index in [-0.39, 0.29) is 19.0 Å². The van der Waals surface area contributed by atoms with E-state index in [0.29, 0.717) is 22.2 Å². The van der Waals surface area contributed by atoms with Crippen LogP contribution in [-0.4, -0.2) is 28.0 Å². The number of benzene rings is 1. The topological polar surface area (TPSA) is 95.1 Å². The fourth-order valence-electron chi connectivity index (χ4n) is 1.60. The number of amides is 1. The standard InChI is InChI=1S/C12H14ClN5O2/c1-20-11-3-2-8(4-10(11)13)15-12(19)7-18-6-9(5-14)16-17-18/h2-4,6H,5,7,14H2,1H3,(H,15,19). The molecule has 1 heterocycles. The Kier molecular flexibility index (Phi) is 4.54. The molecule has 0 saturated carbocycles. The van der Waals surface area contributed by atoms with Crippen molar-refractivity contribution in [1.82, 2.24) is 15.0 Å². The zero-order chi connectivity index (χ0) is 14.5. The summed E-state index contributed by atoms with van der Waals surface area (Å²) in [6.45, 7) is 0.340. The number of carbonyl (C=O) groups is 1. The third-order valence-electron chi connectivity index (χ3n) is 2.54. The molecule has 7 nitrogen and oxygen atoms in total. The van der Waals surface area contributed by atoms with Gasteiger partial charge in [0.15, 0.2) is 0 Å². The van der Waals surface area contributed by atoms with Crippen molar-refractivity contribution in [3.8, 4) is 5.75 Å². The molecule has 0 saturated heterocycles. The Labute approximate surface area is 120 Å². The number of methoxy groups -OCH3 is 1. The average Bonchev–Trinajstić information content (AvgIpc) is 2.86. The molecule has 0 atom stereocenters. The molecule has 0 radical (unpaired) electrons. The second kappa shape index (κ2) is 6.36. The van der Waals surface area contributed by atoms with E-state index in [2.05, 4.69) is 15.6 Å². The van der Waals surface area contributed by atoms with Gasteiger partial charge in [0.05, 0.1) is 24.0 Å². The molecule has 1 aromatic heterocycles. The molecule has 1 amide bonds. The van der Waals surface area contributed by atoms with E-state index >= 15 is 0 Å². The van der Waals surface area contributed by atoms with Crippen LogP contribution in [0.1, 0.15) is 5.69 Å². The van der Waals surface area contributed by atoms with Gasteiger partial charge in [0.1, 0.15) is 12.3 Å². The van der Waals surface area contributed by atoms with Crippen LogP contribution in [0.25, 0.3) is 0 Å². The van der Waals surface area contributed by atoms with Gasteiger partial charge in [-0.3, -0.25) is 4.79 Å². The summed E-state index contributed by atoms with van der Waals surface area (Å²) >= 11 is 5.98. The van der Waals surface area contributed by atoms with Crippen LogP contribution in [0.15, 0.2) is 24.4 Å². The predicted octanol–water partition coefficient (Wildman–Crippen LogP) is 1.04. The van der Waals surface area contributed by atoms with Crippen LogP contribution in [0.3, 0.4) is 0 Å². The van der Waals surface area contributed by atoms with Crippen LogP contribution in [-0.2, 0) is 17.9 Å². The molecule has 2 rings (SSSR count). The second-order valence-corrected chi connectivity index (χ2v) is 4.42. The number of nitrogens with two attached hydrogens (primary N) is 1. The van der Waals surface area contributed by atoms with E-state index in [0.717, 1.165) is 0 Å². The maximum Gasteiger partial charge on any atom is 0.246 e. The summed E-state index contributed by atoms with van der Waals surface area (Å²) < 4.78 is 6.46. The van der Waals surface area contributed by atoms with Crippen molar-refractivity contribution in [3.63, 3.8) is 0 Å². The van der Waals surface area contributed by atoms with Crippen LogP contribution >= 0.6 is 11.6 Å². The molecular weight excluding hydrogens is 282 g/mol. The number of anilines is 1. The number of nitrogens with one attached hydrogen (secondary N) is 1. The average molecular weight is 296 g/mol. The minimum atomic E-state index is -0.236. The second-order valence-electron chi connectivity index (χ2n) is 4.01. The minimum Gasteiger partial charge on any atom is -0.495 e. The molecule has 20 heavy (non-hydrogen) atoms. The Bertz CT molecular complexity index is 614. The maximum absolute atomic E-state index is 11.8. The predicted molar refractivity (Wildman–Crippen MR) is 74.5 cm³/mol. The lowest BCUT2D eigenvalue weighted by molar-refractivity contribution is -0.116. The third kappa shape index (κ3) is 3.46. The summed E-state index contributed by atoms with van der Waals surface area (Å²) in [4.78, 5) is 11.8. The van der Waals surface area contributed by atoms with Crippen molar-refractivity contribution >= 4 is 23.2 Å².